The van der Waals surface area contributed by atoms with Gasteiger partial charge in [-0.3, -0.25) is 4.79 Å². The zero-order valence-corrected chi connectivity index (χ0v) is 8.03. The first-order valence-electron chi connectivity index (χ1n) is 3.78. The third kappa shape index (κ3) is 6.74. The van der Waals surface area contributed by atoms with Crippen molar-refractivity contribution >= 4 is 5.71 Å². The fourth-order valence-electron chi connectivity index (χ4n) is 0.466. The van der Waals surface area contributed by atoms with Gasteiger partial charge in [0.15, 0.2) is 0 Å². The largest absolute Gasteiger partial charge is 0.323 e. The second kappa shape index (κ2) is 5.93. The van der Waals surface area contributed by atoms with Gasteiger partial charge in [0.2, 0.25) is 0 Å². The van der Waals surface area contributed by atoms with Gasteiger partial charge in [-0.25, -0.2) is 4.98 Å². The van der Waals surface area contributed by atoms with Crippen LogP contribution in [0.25, 0.3) is 0 Å². The van der Waals surface area contributed by atoms with Gasteiger partial charge in [-0.05, 0) is 20.8 Å². The van der Waals surface area contributed by atoms with Crippen LogP contribution in [0.5, 0.6) is 0 Å². The van der Waals surface area contributed by atoms with Crippen molar-refractivity contribution in [1.29, 1.82) is 0 Å². The van der Waals surface area contributed by atoms with Crippen LogP contribution in [0.2, 0.25) is 0 Å². The van der Waals surface area contributed by atoms with Crippen LogP contribution in [-0.2, 0) is 0 Å². The Morgan fingerprint density at radius 2 is 2.15 bits per heavy atom. The molecule has 72 valence electrons. The monoisotopic (exact) mass is 182 g/mol. The quantitative estimate of drug-likeness (QED) is 0.346. The number of nitrogens with zero attached hydrogens (tertiary/aromatic N) is 2. The van der Waals surface area contributed by atoms with Crippen molar-refractivity contribution < 1.29 is 0 Å². The van der Waals surface area contributed by atoms with Gasteiger partial charge in [0.05, 0.1) is 6.33 Å². The van der Waals surface area contributed by atoms with Crippen LogP contribution >= 0.6 is 0 Å². The topological polar surface area (TPSA) is 84.1 Å². The second-order valence-corrected chi connectivity index (χ2v) is 2.63. The minimum atomic E-state index is -0.0995. The van der Waals surface area contributed by atoms with Gasteiger partial charge in [-0.15, -0.1) is 0 Å². The van der Waals surface area contributed by atoms with Crippen LogP contribution in [0.15, 0.2) is 22.3 Å². The molecular formula is C8H14N4O. The fourth-order valence-corrected chi connectivity index (χ4v) is 0.466. The molecule has 0 atom stereocenters. The van der Waals surface area contributed by atoms with Gasteiger partial charge in [0, 0.05) is 17.5 Å². The molecule has 0 aliphatic carbocycles. The van der Waals surface area contributed by atoms with Crippen LogP contribution in [0, 0.1) is 6.92 Å². The Labute approximate surface area is 76.7 Å². The predicted octanol–water partition coefficient (Wildman–Crippen LogP) is 0.419. The molecule has 5 nitrogen and oxygen atoms in total. The molecule has 0 unspecified atom stereocenters. The van der Waals surface area contributed by atoms with E-state index in [1.807, 2.05) is 13.8 Å². The molecule has 0 aliphatic rings. The number of rotatable bonds is 0. The molecule has 0 aliphatic heterocycles. The maximum Gasteiger partial charge on any atom is 0.250 e. The smallest absolute Gasteiger partial charge is 0.250 e. The molecule has 1 heterocycles. The van der Waals surface area contributed by atoms with E-state index in [-0.39, 0.29) is 5.56 Å². The summed E-state index contributed by atoms with van der Waals surface area (Å²) in [5.41, 5.74) is 1.55. The summed E-state index contributed by atoms with van der Waals surface area (Å²) >= 11 is 0. The first-order valence-corrected chi connectivity index (χ1v) is 3.78. The standard InChI is InChI=1S/C5H6N2O.C3H8N2/c1-4-2-5(8)7-3-6-4;1-3(2)5-4/h2-3H,1H3,(H,6,7,8);4H2,1-2H3. The van der Waals surface area contributed by atoms with E-state index in [2.05, 4.69) is 15.1 Å². The molecule has 0 aromatic carbocycles. The van der Waals surface area contributed by atoms with Crippen LogP contribution in [0.3, 0.4) is 0 Å². The molecule has 0 saturated carbocycles. The van der Waals surface area contributed by atoms with Crippen molar-refractivity contribution in [2.45, 2.75) is 20.8 Å². The maximum atomic E-state index is 10.4. The number of aromatic nitrogens is 2. The molecule has 0 spiro atoms. The summed E-state index contributed by atoms with van der Waals surface area (Å²) in [5, 5.41) is 3.31. The lowest BCUT2D eigenvalue weighted by Crippen LogP contribution is -2.03. The Kier molecular flexibility index (Phi) is 5.18. The molecule has 1 aromatic rings. The molecule has 1 aromatic heterocycles. The number of H-pyrrole nitrogens is 1. The van der Waals surface area contributed by atoms with Gasteiger partial charge < -0.3 is 10.8 Å². The summed E-state index contributed by atoms with van der Waals surface area (Å²) in [5.74, 6) is 4.76. The number of hydrogen-bond acceptors (Lipinski definition) is 4. The van der Waals surface area contributed by atoms with E-state index in [4.69, 9.17) is 5.84 Å². The predicted molar refractivity (Wildman–Crippen MR) is 52.6 cm³/mol. The van der Waals surface area contributed by atoms with E-state index in [1.165, 1.54) is 12.4 Å². The van der Waals surface area contributed by atoms with E-state index in [9.17, 15) is 4.79 Å². The van der Waals surface area contributed by atoms with Gasteiger partial charge in [-0.2, -0.15) is 5.10 Å². The molecule has 3 N–H and O–H groups in total. The minimum Gasteiger partial charge on any atom is -0.323 e. The van der Waals surface area contributed by atoms with Crippen molar-refractivity contribution in [3.63, 3.8) is 0 Å². The first kappa shape index (κ1) is 11.4. The number of nitrogens with two attached hydrogens (primary N) is 1. The highest BCUT2D eigenvalue weighted by molar-refractivity contribution is 5.78. The number of hydrogen-bond donors (Lipinski definition) is 2. The molecule has 0 radical (unpaired) electrons. The lowest BCUT2D eigenvalue weighted by Gasteiger charge is -1.83. The molecule has 5 heteroatoms. The summed E-state index contributed by atoms with van der Waals surface area (Å²) < 4.78 is 0. The van der Waals surface area contributed by atoms with Gasteiger partial charge in [0.1, 0.15) is 0 Å². The third-order valence-electron chi connectivity index (χ3n) is 1.07. The van der Waals surface area contributed by atoms with Crippen LogP contribution in [-0.4, -0.2) is 15.7 Å². The number of nitrogens with one attached hydrogen (secondary N) is 1. The molecule has 0 fully saturated rings. The van der Waals surface area contributed by atoms with Crippen molar-refractivity contribution in [3.05, 3.63) is 28.4 Å². The van der Waals surface area contributed by atoms with Gasteiger partial charge in [0.25, 0.3) is 5.56 Å². The zero-order valence-electron chi connectivity index (χ0n) is 8.03. The SMILES string of the molecule is CC(C)=NN.Cc1cc(=O)[nH]cn1. The average molecular weight is 182 g/mol. The second-order valence-electron chi connectivity index (χ2n) is 2.63. The molecule has 0 amide bonds. The van der Waals surface area contributed by atoms with E-state index >= 15 is 0 Å². The van der Waals surface area contributed by atoms with E-state index in [0.29, 0.717) is 0 Å². The minimum absolute atomic E-state index is 0.0995. The fraction of sp³-hybridized carbons (Fsp3) is 0.375. The van der Waals surface area contributed by atoms with Crippen molar-refractivity contribution in [2.75, 3.05) is 0 Å². The Morgan fingerprint density at radius 1 is 1.62 bits per heavy atom. The first-order chi connectivity index (χ1) is 6.06. The summed E-state index contributed by atoms with van der Waals surface area (Å²) in [6, 6.07) is 1.44. The molecular weight excluding hydrogens is 168 g/mol. The highest BCUT2D eigenvalue weighted by atomic mass is 16.1. The maximum absolute atomic E-state index is 10.4. The highest BCUT2D eigenvalue weighted by Gasteiger charge is 1.81. The van der Waals surface area contributed by atoms with Crippen molar-refractivity contribution in [3.8, 4) is 0 Å². The molecule has 0 saturated heterocycles. The number of aromatic amines is 1. The Balaban J connectivity index is 0.000000252. The Morgan fingerprint density at radius 3 is 2.38 bits per heavy atom. The lowest BCUT2D eigenvalue weighted by molar-refractivity contribution is 1.06. The third-order valence-corrected chi connectivity index (χ3v) is 1.07. The Bertz CT molecular complexity index is 325. The summed E-state index contributed by atoms with van der Waals surface area (Å²) in [6.45, 7) is 5.47. The Hall–Kier alpha value is -1.65. The number of hydrazone groups is 1. The molecule has 13 heavy (non-hydrogen) atoms. The number of aryl methyl sites for hydroxylation is 1. The van der Waals surface area contributed by atoms with E-state index in [1.54, 1.807) is 6.92 Å². The van der Waals surface area contributed by atoms with Gasteiger partial charge >= 0.3 is 0 Å². The summed E-state index contributed by atoms with van der Waals surface area (Å²) in [4.78, 5) is 16.6. The highest BCUT2D eigenvalue weighted by Crippen LogP contribution is 1.77. The van der Waals surface area contributed by atoms with Crippen molar-refractivity contribution in [2.24, 2.45) is 10.9 Å². The molecule has 0 bridgehead atoms. The normalized spacial score (nSPS) is 8.23. The lowest BCUT2D eigenvalue weighted by atomic mass is 10.5. The van der Waals surface area contributed by atoms with Gasteiger partial charge in [-0.1, -0.05) is 0 Å². The van der Waals surface area contributed by atoms with E-state index in [0.717, 1.165) is 11.4 Å². The summed E-state index contributed by atoms with van der Waals surface area (Å²) in [6.07, 6.45) is 1.39. The summed E-state index contributed by atoms with van der Waals surface area (Å²) in [7, 11) is 0. The average Bonchev–Trinajstić information content (AvgIpc) is 2.05. The van der Waals surface area contributed by atoms with Crippen LogP contribution in [0.4, 0.5) is 0 Å². The van der Waals surface area contributed by atoms with Crippen LogP contribution in [0.1, 0.15) is 19.5 Å². The zero-order chi connectivity index (χ0) is 10.3. The molecule has 1 rings (SSSR count). The van der Waals surface area contributed by atoms with Crippen LogP contribution < -0.4 is 11.4 Å². The van der Waals surface area contributed by atoms with E-state index < -0.39 is 0 Å². The van der Waals surface area contributed by atoms with Crippen molar-refractivity contribution in [1.82, 2.24) is 9.97 Å².